The fraction of sp³-hybridized carbons (Fsp3) is 0.455. The molecule has 0 aliphatic heterocycles. The van der Waals surface area contributed by atoms with Crippen LogP contribution in [-0.4, -0.2) is 35.7 Å². The zero-order valence-electron chi connectivity index (χ0n) is 10.9. The molecule has 0 saturated heterocycles. The molecule has 1 aromatic rings. The number of ether oxygens (including phenoxy) is 2. The van der Waals surface area contributed by atoms with E-state index in [1.54, 1.807) is 18.2 Å². The Kier molecular flexibility index (Phi) is 7.77. The smallest absolute Gasteiger partial charge is 0.247 e. The van der Waals surface area contributed by atoms with Gasteiger partial charge in [0.25, 0.3) is 0 Å². The van der Waals surface area contributed by atoms with Crippen molar-refractivity contribution in [2.24, 2.45) is 5.73 Å². The van der Waals surface area contributed by atoms with E-state index < -0.39 is 10.0 Å². The molecule has 6 nitrogen and oxygen atoms in total. The zero-order valence-corrected chi connectivity index (χ0v) is 12.5. The predicted octanol–water partition coefficient (Wildman–Crippen LogP) is 0.753. The summed E-state index contributed by atoms with van der Waals surface area (Å²) in [5, 5.41) is 0. The van der Waals surface area contributed by atoms with Gasteiger partial charge in [-0.15, -0.1) is 12.4 Å². The molecular formula is C11H19ClN2O4S. The fourth-order valence-corrected chi connectivity index (χ4v) is 2.85. The minimum atomic E-state index is -3.67. The van der Waals surface area contributed by atoms with Gasteiger partial charge in [0.2, 0.25) is 10.0 Å². The van der Waals surface area contributed by atoms with Crippen molar-refractivity contribution < 1.29 is 17.9 Å². The molecule has 0 aliphatic carbocycles. The summed E-state index contributed by atoms with van der Waals surface area (Å²) in [5.74, 6) is 0.490. The Hall–Kier alpha value is -1.02. The van der Waals surface area contributed by atoms with E-state index in [2.05, 4.69) is 4.72 Å². The first-order chi connectivity index (χ1) is 8.56. The second-order valence-electron chi connectivity index (χ2n) is 3.53. The third-order valence-electron chi connectivity index (χ3n) is 2.32. The number of benzene rings is 1. The lowest BCUT2D eigenvalue weighted by Gasteiger charge is -2.13. The highest BCUT2D eigenvalue weighted by molar-refractivity contribution is 7.89. The minimum absolute atomic E-state index is 0. The quantitative estimate of drug-likeness (QED) is 0.725. The number of hydrogen-bond donors (Lipinski definition) is 2. The molecule has 1 rings (SSSR count). The van der Waals surface area contributed by atoms with E-state index in [4.69, 9.17) is 15.2 Å². The summed E-state index contributed by atoms with van der Waals surface area (Å²) in [6.45, 7) is 0.700. The molecule has 0 fully saturated rings. The van der Waals surface area contributed by atoms with Crippen molar-refractivity contribution in [2.75, 3.05) is 27.3 Å². The lowest BCUT2D eigenvalue weighted by atomic mass is 10.3. The molecule has 0 amide bonds. The van der Waals surface area contributed by atoms with Gasteiger partial charge in [0.1, 0.15) is 11.5 Å². The Bertz CT molecular complexity index is 471. The van der Waals surface area contributed by atoms with Crippen molar-refractivity contribution in [1.29, 1.82) is 0 Å². The number of halogens is 1. The molecule has 0 heterocycles. The summed E-state index contributed by atoms with van der Waals surface area (Å²) < 4.78 is 36.9. The normalized spacial score (nSPS) is 10.7. The highest BCUT2D eigenvalue weighted by atomic mass is 35.5. The molecule has 0 atom stereocenters. The number of sulfonamides is 1. The van der Waals surface area contributed by atoms with Gasteiger partial charge >= 0.3 is 0 Å². The van der Waals surface area contributed by atoms with Gasteiger partial charge in [-0.05, 0) is 25.1 Å². The highest BCUT2D eigenvalue weighted by Crippen LogP contribution is 2.32. The first-order valence-corrected chi connectivity index (χ1v) is 6.96. The van der Waals surface area contributed by atoms with Crippen molar-refractivity contribution in [3.05, 3.63) is 18.2 Å². The highest BCUT2D eigenvalue weighted by Gasteiger charge is 2.23. The van der Waals surface area contributed by atoms with Crippen molar-refractivity contribution >= 4 is 22.4 Å². The summed E-state index contributed by atoms with van der Waals surface area (Å²) in [7, 11) is -0.853. The maximum atomic E-state index is 12.2. The van der Waals surface area contributed by atoms with E-state index >= 15 is 0 Å². The van der Waals surface area contributed by atoms with Gasteiger partial charge < -0.3 is 15.2 Å². The van der Waals surface area contributed by atoms with Crippen LogP contribution in [0, 0.1) is 0 Å². The Morgan fingerprint density at radius 3 is 2.16 bits per heavy atom. The van der Waals surface area contributed by atoms with Crippen LogP contribution >= 0.6 is 12.4 Å². The molecule has 1 aromatic carbocycles. The number of nitrogens with two attached hydrogens (primary N) is 1. The summed E-state index contributed by atoms with van der Waals surface area (Å²) >= 11 is 0. The molecule has 0 aliphatic rings. The lowest BCUT2D eigenvalue weighted by molar-refractivity contribution is 0.373. The van der Waals surface area contributed by atoms with Gasteiger partial charge in [-0.1, -0.05) is 6.07 Å². The van der Waals surface area contributed by atoms with E-state index in [9.17, 15) is 8.42 Å². The van der Waals surface area contributed by atoms with Crippen LogP contribution in [0.4, 0.5) is 0 Å². The SMILES string of the molecule is COc1cccc(OC)c1S(=O)(=O)NCCCN.Cl. The summed E-state index contributed by atoms with van der Waals surface area (Å²) in [5.41, 5.74) is 5.32. The van der Waals surface area contributed by atoms with Gasteiger partial charge in [0.15, 0.2) is 4.90 Å². The van der Waals surface area contributed by atoms with Gasteiger partial charge in [-0.2, -0.15) is 0 Å². The van der Waals surface area contributed by atoms with Gasteiger partial charge in [0, 0.05) is 6.54 Å². The van der Waals surface area contributed by atoms with Crippen LogP contribution in [0.15, 0.2) is 23.1 Å². The number of hydrogen-bond acceptors (Lipinski definition) is 5. The third-order valence-corrected chi connectivity index (χ3v) is 3.85. The van der Waals surface area contributed by atoms with Gasteiger partial charge in [0.05, 0.1) is 14.2 Å². The summed E-state index contributed by atoms with van der Waals surface area (Å²) in [6, 6.07) is 4.80. The molecule has 8 heteroatoms. The molecule has 0 spiro atoms. The molecule has 0 saturated carbocycles. The summed E-state index contributed by atoms with van der Waals surface area (Å²) in [4.78, 5) is 0.00650. The van der Waals surface area contributed by atoms with Crippen molar-refractivity contribution in [2.45, 2.75) is 11.3 Å². The van der Waals surface area contributed by atoms with Crippen LogP contribution in [0.1, 0.15) is 6.42 Å². The maximum absolute atomic E-state index is 12.2. The number of nitrogens with one attached hydrogen (secondary N) is 1. The van der Waals surface area contributed by atoms with E-state index in [1.807, 2.05) is 0 Å². The monoisotopic (exact) mass is 310 g/mol. The molecule has 19 heavy (non-hydrogen) atoms. The molecule has 0 bridgehead atoms. The third kappa shape index (κ3) is 4.54. The van der Waals surface area contributed by atoms with Crippen molar-refractivity contribution in [3.8, 4) is 11.5 Å². The van der Waals surface area contributed by atoms with E-state index in [0.29, 0.717) is 13.0 Å². The second kappa shape index (κ2) is 8.21. The number of methoxy groups -OCH3 is 2. The molecule has 3 N–H and O–H groups in total. The van der Waals surface area contributed by atoms with E-state index in [1.165, 1.54) is 14.2 Å². The van der Waals surface area contributed by atoms with Crippen LogP contribution in [0.25, 0.3) is 0 Å². The number of rotatable bonds is 7. The first-order valence-electron chi connectivity index (χ1n) is 5.47. The fourth-order valence-electron chi connectivity index (χ4n) is 1.46. The Morgan fingerprint density at radius 2 is 1.74 bits per heavy atom. The average molecular weight is 311 g/mol. The second-order valence-corrected chi connectivity index (χ2v) is 5.24. The van der Waals surface area contributed by atoms with E-state index in [-0.39, 0.29) is 35.3 Å². The first kappa shape index (κ1) is 18.0. The van der Waals surface area contributed by atoms with Crippen LogP contribution in [0.3, 0.4) is 0 Å². The van der Waals surface area contributed by atoms with Gasteiger partial charge in [-0.25, -0.2) is 13.1 Å². The van der Waals surface area contributed by atoms with Crippen LogP contribution in [-0.2, 0) is 10.0 Å². The zero-order chi connectivity index (χ0) is 13.6. The molecule has 0 unspecified atom stereocenters. The van der Waals surface area contributed by atoms with E-state index in [0.717, 1.165) is 0 Å². The van der Waals surface area contributed by atoms with Crippen molar-refractivity contribution in [1.82, 2.24) is 4.72 Å². The minimum Gasteiger partial charge on any atom is -0.495 e. The summed E-state index contributed by atoms with van der Waals surface area (Å²) in [6.07, 6.45) is 0.566. The lowest BCUT2D eigenvalue weighted by Crippen LogP contribution is -2.27. The van der Waals surface area contributed by atoms with Gasteiger partial charge in [-0.3, -0.25) is 0 Å². The maximum Gasteiger partial charge on any atom is 0.247 e. The largest absolute Gasteiger partial charge is 0.495 e. The molecule has 0 radical (unpaired) electrons. The van der Waals surface area contributed by atoms with Crippen molar-refractivity contribution in [3.63, 3.8) is 0 Å². The topological polar surface area (TPSA) is 90.6 Å². The van der Waals surface area contributed by atoms with Crippen LogP contribution < -0.4 is 19.9 Å². The standard InChI is InChI=1S/C11H18N2O4S.ClH/c1-16-9-5-3-6-10(17-2)11(9)18(14,15)13-8-4-7-12;/h3,5-6,13H,4,7-8,12H2,1-2H3;1H. The molecule has 110 valence electrons. The molecule has 0 aromatic heterocycles. The molecular weight excluding hydrogens is 292 g/mol. The Balaban J connectivity index is 0.00000324. The Labute approximate surface area is 119 Å². The Morgan fingerprint density at radius 1 is 1.21 bits per heavy atom. The average Bonchev–Trinajstić information content (AvgIpc) is 2.37. The predicted molar refractivity (Wildman–Crippen MR) is 75.7 cm³/mol. The van der Waals surface area contributed by atoms with Crippen LogP contribution in [0.2, 0.25) is 0 Å². The van der Waals surface area contributed by atoms with Crippen LogP contribution in [0.5, 0.6) is 11.5 Å².